The molecule has 0 radical (unpaired) electrons. The highest BCUT2D eigenvalue weighted by Gasteiger charge is 2.35. The number of aromatic amines is 1. The lowest BCUT2D eigenvalue weighted by atomic mass is 9.79. The number of nitrogens with zero attached hydrogens (tertiary/aromatic N) is 1. The fraction of sp³-hybridized carbons (Fsp3) is 0.583. The smallest absolute Gasteiger partial charge is 0.305 e. The maximum atomic E-state index is 11.4. The summed E-state index contributed by atoms with van der Waals surface area (Å²) < 4.78 is 0. The first-order valence-electron chi connectivity index (χ1n) is 6.36. The minimum absolute atomic E-state index is 0.000912. The summed E-state index contributed by atoms with van der Waals surface area (Å²) in [6.45, 7) is 0. The molecule has 104 valence electrons. The van der Waals surface area contributed by atoms with Gasteiger partial charge in [0.25, 0.3) is 5.56 Å². The van der Waals surface area contributed by atoms with Gasteiger partial charge in [-0.1, -0.05) is 19.3 Å². The normalized spacial score (nSPS) is 17.9. The van der Waals surface area contributed by atoms with E-state index >= 15 is 0 Å². The Hall–Kier alpha value is -2.05. The van der Waals surface area contributed by atoms with Crippen molar-refractivity contribution < 1.29 is 9.90 Å². The Balaban J connectivity index is 2.27. The van der Waals surface area contributed by atoms with Crippen molar-refractivity contribution >= 4 is 17.5 Å². The number of hydrogen-bond donors (Lipinski definition) is 4. The molecule has 0 atom stereocenters. The molecule has 0 aliphatic heterocycles. The van der Waals surface area contributed by atoms with E-state index < -0.39 is 17.1 Å². The van der Waals surface area contributed by atoms with Crippen LogP contribution >= 0.6 is 0 Å². The van der Waals surface area contributed by atoms with Crippen LogP contribution in [0.15, 0.2) is 11.1 Å². The van der Waals surface area contributed by atoms with E-state index in [9.17, 15) is 9.59 Å². The van der Waals surface area contributed by atoms with Crippen LogP contribution in [0.25, 0.3) is 0 Å². The third-order valence-corrected chi connectivity index (χ3v) is 3.57. The average Bonchev–Trinajstić information content (AvgIpc) is 2.35. The van der Waals surface area contributed by atoms with Gasteiger partial charge in [0.15, 0.2) is 5.82 Å². The van der Waals surface area contributed by atoms with Gasteiger partial charge in [-0.3, -0.25) is 9.59 Å². The third-order valence-electron chi connectivity index (χ3n) is 3.57. The van der Waals surface area contributed by atoms with Crippen LogP contribution < -0.4 is 16.6 Å². The molecule has 1 heterocycles. The van der Waals surface area contributed by atoms with Crippen LogP contribution in [-0.2, 0) is 4.79 Å². The predicted octanol–water partition coefficient (Wildman–Crippen LogP) is 0.942. The Kier molecular flexibility index (Phi) is 3.73. The van der Waals surface area contributed by atoms with Gasteiger partial charge >= 0.3 is 5.97 Å². The lowest BCUT2D eigenvalue weighted by Crippen LogP contribution is -2.43. The Labute approximate surface area is 110 Å². The molecule has 1 saturated carbocycles. The van der Waals surface area contributed by atoms with Gasteiger partial charge in [-0.15, -0.1) is 0 Å². The number of rotatable bonds is 4. The molecule has 1 aliphatic rings. The van der Waals surface area contributed by atoms with E-state index in [2.05, 4.69) is 15.3 Å². The summed E-state index contributed by atoms with van der Waals surface area (Å²) in [5.74, 6) is -0.593. The SMILES string of the molecule is Nc1c(NC2(CC(=O)O)CCCCC2)nc[nH]c1=O. The molecule has 0 aromatic carbocycles. The van der Waals surface area contributed by atoms with Gasteiger partial charge in [0.2, 0.25) is 0 Å². The molecular weight excluding hydrogens is 248 g/mol. The van der Waals surface area contributed by atoms with Gasteiger partial charge in [-0.05, 0) is 12.8 Å². The second kappa shape index (κ2) is 5.29. The summed E-state index contributed by atoms with van der Waals surface area (Å²) in [5.41, 5.74) is 4.70. The van der Waals surface area contributed by atoms with Crippen molar-refractivity contribution in [3.05, 3.63) is 16.7 Å². The fourth-order valence-corrected chi connectivity index (χ4v) is 2.63. The first kappa shape index (κ1) is 13.4. The van der Waals surface area contributed by atoms with Crippen LogP contribution in [0.3, 0.4) is 0 Å². The molecule has 7 nitrogen and oxygen atoms in total. The van der Waals surface area contributed by atoms with E-state index in [1.165, 1.54) is 6.33 Å². The first-order valence-corrected chi connectivity index (χ1v) is 6.36. The van der Waals surface area contributed by atoms with E-state index in [1.54, 1.807) is 0 Å². The molecule has 2 rings (SSSR count). The molecule has 5 N–H and O–H groups in total. The molecule has 1 aliphatic carbocycles. The lowest BCUT2D eigenvalue weighted by molar-refractivity contribution is -0.138. The zero-order valence-electron chi connectivity index (χ0n) is 10.6. The van der Waals surface area contributed by atoms with E-state index in [4.69, 9.17) is 10.8 Å². The molecule has 7 heteroatoms. The monoisotopic (exact) mass is 266 g/mol. The molecular formula is C12H18N4O3. The molecule has 1 aromatic rings. The summed E-state index contributed by atoms with van der Waals surface area (Å²) in [5, 5.41) is 12.2. The summed E-state index contributed by atoms with van der Waals surface area (Å²) in [6.07, 6.45) is 5.77. The molecule has 0 unspecified atom stereocenters. The van der Waals surface area contributed by atoms with E-state index in [-0.39, 0.29) is 17.9 Å². The number of nitrogens with one attached hydrogen (secondary N) is 2. The fourth-order valence-electron chi connectivity index (χ4n) is 2.63. The quantitative estimate of drug-likeness (QED) is 0.643. The third kappa shape index (κ3) is 3.04. The Morgan fingerprint density at radius 3 is 2.79 bits per heavy atom. The summed E-state index contributed by atoms with van der Waals surface area (Å²) in [7, 11) is 0. The number of carboxylic acid groups (broad SMARTS) is 1. The number of nitrogens with two attached hydrogens (primary N) is 1. The van der Waals surface area contributed by atoms with Crippen molar-refractivity contribution in [2.45, 2.75) is 44.1 Å². The van der Waals surface area contributed by atoms with Crippen LogP contribution in [0.4, 0.5) is 11.5 Å². The van der Waals surface area contributed by atoms with Gasteiger partial charge in [-0.2, -0.15) is 0 Å². The number of aliphatic carboxylic acids is 1. The van der Waals surface area contributed by atoms with Crippen LogP contribution in [0.1, 0.15) is 38.5 Å². The van der Waals surface area contributed by atoms with Gasteiger partial charge in [0, 0.05) is 5.54 Å². The van der Waals surface area contributed by atoms with Gasteiger partial charge < -0.3 is 21.1 Å². The zero-order chi connectivity index (χ0) is 13.9. The van der Waals surface area contributed by atoms with Crippen molar-refractivity contribution in [3.63, 3.8) is 0 Å². The van der Waals surface area contributed by atoms with E-state index in [0.29, 0.717) is 0 Å². The summed E-state index contributed by atoms with van der Waals surface area (Å²) >= 11 is 0. The number of anilines is 2. The molecule has 1 fully saturated rings. The minimum Gasteiger partial charge on any atom is -0.481 e. The van der Waals surface area contributed by atoms with Crippen LogP contribution in [0.5, 0.6) is 0 Å². The van der Waals surface area contributed by atoms with Gasteiger partial charge in [0.1, 0.15) is 5.69 Å². The van der Waals surface area contributed by atoms with Crippen molar-refractivity contribution in [1.82, 2.24) is 9.97 Å². The number of hydrogen-bond acceptors (Lipinski definition) is 5. The molecule has 0 amide bonds. The number of carboxylic acids is 1. The maximum Gasteiger partial charge on any atom is 0.305 e. The second-order valence-corrected chi connectivity index (χ2v) is 5.03. The molecule has 0 spiro atoms. The van der Waals surface area contributed by atoms with E-state index in [0.717, 1.165) is 32.1 Å². The lowest BCUT2D eigenvalue weighted by Gasteiger charge is -2.37. The predicted molar refractivity (Wildman–Crippen MR) is 71.0 cm³/mol. The van der Waals surface area contributed by atoms with Crippen molar-refractivity contribution in [2.24, 2.45) is 0 Å². The van der Waals surface area contributed by atoms with Crippen LogP contribution in [0.2, 0.25) is 0 Å². The standard InChI is InChI=1S/C12H18N4O3/c13-9-10(14-7-15-11(9)19)16-12(6-8(17)18)4-2-1-3-5-12/h7H,1-6,13H2,(H,17,18)(H2,14,15,16,19). The van der Waals surface area contributed by atoms with Crippen molar-refractivity contribution in [3.8, 4) is 0 Å². The molecule has 0 bridgehead atoms. The topological polar surface area (TPSA) is 121 Å². The zero-order valence-corrected chi connectivity index (χ0v) is 10.6. The summed E-state index contributed by atoms with van der Waals surface area (Å²) in [6, 6.07) is 0. The number of nitrogen functional groups attached to an aromatic ring is 1. The summed E-state index contributed by atoms with van der Waals surface area (Å²) in [4.78, 5) is 28.9. The van der Waals surface area contributed by atoms with Gasteiger partial charge in [-0.25, -0.2) is 4.98 Å². The Bertz CT molecular complexity index is 520. The minimum atomic E-state index is -0.863. The Morgan fingerprint density at radius 1 is 1.47 bits per heavy atom. The molecule has 19 heavy (non-hydrogen) atoms. The van der Waals surface area contributed by atoms with Crippen LogP contribution in [0, 0.1) is 0 Å². The second-order valence-electron chi connectivity index (χ2n) is 5.03. The van der Waals surface area contributed by atoms with Crippen LogP contribution in [-0.4, -0.2) is 26.6 Å². The number of H-pyrrole nitrogens is 1. The molecule has 0 saturated heterocycles. The molecule has 1 aromatic heterocycles. The highest BCUT2D eigenvalue weighted by Crippen LogP contribution is 2.34. The van der Waals surface area contributed by atoms with Gasteiger partial charge in [0.05, 0.1) is 12.7 Å². The Morgan fingerprint density at radius 2 is 2.16 bits per heavy atom. The highest BCUT2D eigenvalue weighted by molar-refractivity contribution is 5.70. The maximum absolute atomic E-state index is 11.4. The average molecular weight is 266 g/mol. The highest BCUT2D eigenvalue weighted by atomic mass is 16.4. The first-order chi connectivity index (χ1) is 9.02. The number of aromatic nitrogens is 2. The number of carbonyl (C=O) groups is 1. The van der Waals surface area contributed by atoms with Crippen molar-refractivity contribution in [1.29, 1.82) is 0 Å². The largest absolute Gasteiger partial charge is 0.481 e. The van der Waals surface area contributed by atoms with E-state index in [1.807, 2.05) is 0 Å². The van der Waals surface area contributed by atoms with Crippen molar-refractivity contribution in [2.75, 3.05) is 11.1 Å².